The number of carbonyl (C=O) groups is 2. The zero-order valence-corrected chi connectivity index (χ0v) is 25.7. The molecule has 0 aliphatic rings. The fraction of sp³-hybridized carbons (Fsp3) is 0.933. The Labute approximate surface area is 218 Å². The first-order valence-corrected chi connectivity index (χ1v) is 13.8. The molecule has 2 unspecified atom stereocenters. The van der Waals surface area contributed by atoms with Gasteiger partial charge in [-0.25, -0.2) is 0 Å². The summed E-state index contributed by atoms with van der Waals surface area (Å²) in [7, 11) is 0. The second-order valence-corrected chi connectivity index (χ2v) is 14.2. The van der Waals surface area contributed by atoms with E-state index in [1.165, 1.54) is 0 Å². The van der Waals surface area contributed by atoms with Gasteiger partial charge in [0.15, 0.2) is 0 Å². The van der Waals surface area contributed by atoms with Gasteiger partial charge < -0.3 is 15.8 Å². The van der Waals surface area contributed by atoms with Crippen LogP contribution in [0.4, 0.5) is 0 Å². The van der Waals surface area contributed by atoms with Crippen molar-refractivity contribution in [3.63, 3.8) is 0 Å². The molecule has 0 aromatic heterocycles. The van der Waals surface area contributed by atoms with Crippen molar-refractivity contribution in [2.45, 2.75) is 122 Å². The van der Waals surface area contributed by atoms with Gasteiger partial charge in [0.2, 0.25) is 5.91 Å². The van der Waals surface area contributed by atoms with Crippen LogP contribution in [0.25, 0.3) is 0 Å². The molecule has 5 nitrogen and oxygen atoms in total. The lowest BCUT2D eigenvalue weighted by atomic mass is 9.53. The van der Waals surface area contributed by atoms with Crippen molar-refractivity contribution >= 4 is 11.9 Å². The van der Waals surface area contributed by atoms with Gasteiger partial charge in [0.1, 0.15) is 0 Å². The fourth-order valence-electron chi connectivity index (χ4n) is 4.48. The molecule has 5 heteroatoms. The fourth-order valence-corrected chi connectivity index (χ4v) is 4.48. The number of ether oxygens (including phenoxy) is 1. The van der Waals surface area contributed by atoms with E-state index in [1.54, 1.807) is 0 Å². The molecule has 0 spiro atoms. The van der Waals surface area contributed by atoms with E-state index in [0.29, 0.717) is 37.8 Å². The highest BCUT2D eigenvalue weighted by Crippen LogP contribution is 2.54. The molecule has 0 fully saturated rings. The van der Waals surface area contributed by atoms with Crippen LogP contribution in [0.15, 0.2) is 0 Å². The average molecular weight is 497 g/mol. The van der Waals surface area contributed by atoms with Crippen LogP contribution >= 0.6 is 0 Å². The largest absolute Gasteiger partial charge is 0.465 e. The Kier molecular flexibility index (Phi) is 12.5. The Bertz CT molecular complexity index is 675. The van der Waals surface area contributed by atoms with Crippen LogP contribution < -0.4 is 11.1 Å². The summed E-state index contributed by atoms with van der Waals surface area (Å²) in [6, 6.07) is 0.0798. The monoisotopic (exact) mass is 496 g/mol. The van der Waals surface area contributed by atoms with Gasteiger partial charge in [-0.1, -0.05) is 83.1 Å². The van der Waals surface area contributed by atoms with Crippen molar-refractivity contribution in [1.82, 2.24) is 5.32 Å². The molecule has 3 N–H and O–H groups in total. The maximum atomic E-state index is 13.6. The molecule has 208 valence electrons. The van der Waals surface area contributed by atoms with Crippen molar-refractivity contribution in [3.8, 4) is 0 Å². The third-order valence-electron chi connectivity index (χ3n) is 9.63. The minimum Gasteiger partial charge on any atom is -0.465 e. The molecule has 0 aromatic rings. The summed E-state index contributed by atoms with van der Waals surface area (Å²) in [5, 5.41) is 3.20. The maximum Gasteiger partial charge on any atom is 0.309 e. The van der Waals surface area contributed by atoms with Gasteiger partial charge in [-0.3, -0.25) is 9.59 Å². The number of nitrogens with one attached hydrogen (secondary N) is 1. The molecule has 0 aliphatic heterocycles. The number of rotatable bonds is 15. The van der Waals surface area contributed by atoms with Crippen molar-refractivity contribution in [3.05, 3.63) is 0 Å². The number of nitrogens with two attached hydrogens (primary N) is 1. The second-order valence-electron chi connectivity index (χ2n) is 14.2. The van der Waals surface area contributed by atoms with Crippen LogP contribution in [0, 0.1) is 45.3 Å². The molecule has 0 saturated carbocycles. The first kappa shape index (κ1) is 33.9. The van der Waals surface area contributed by atoms with Gasteiger partial charge in [0.25, 0.3) is 0 Å². The molecule has 0 rings (SSSR count). The zero-order chi connectivity index (χ0) is 28.0. The van der Waals surface area contributed by atoms with E-state index in [4.69, 9.17) is 10.5 Å². The smallest absolute Gasteiger partial charge is 0.309 e. The number of hydrogen-bond donors (Lipinski definition) is 2. The van der Waals surface area contributed by atoms with Gasteiger partial charge in [0, 0.05) is 12.0 Å². The molecular weight excluding hydrogens is 436 g/mol. The number of hydrogen-bond acceptors (Lipinski definition) is 4. The molecule has 0 heterocycles. The predicted octanol–water partition coefficient (Wildman–Crippen LogP) is 6.83. The Morgan fingerprint density at radius 2 is 1.31 bits per heavy atom. The summed E-state index contributed by atoms with van der Waals surface area (Å²) in [6.07, 6.45) is 2.11. The van der Waals surface area contributed by atoms with Crippen molar-refractivity contribution in [2.24, 2.45) is 51.1 Å². The number of amides is 1. The van der Waals surface area contributed by atoms with Crippen LogP contribution in [-0.2, 0) is 14.3 Å². The SMILES string of the molecule is CC(C)NC(=O)C(CC(C)(C)C(C)C)C(C)(C)C(C)(C)CC(C(=O)OCCCN)C(C)(C)C(C)C. The van der Waals surface area contributed by atoms with Crippen LogP contribution in [-0.4, -0.2) is 31.1 Å². The van der Waals surface area contributed by atoms with E-state index in [0.717, 1.165) is 6.42 Å². The molecular formula is C30H60N2O3. The molecule has 2 atom stereocenters. The molecule has 0 aromatic carbocycles. The Morgan fingerprint density at radius 1 is 0.800 bits per heavy atom. The van der Waals surface area contributed by atoms with Crippen LogP contribution in [0.1, 0.15) is 116 Å². The van der Waals surface area contributed by atoms with E-state index in [-0.39, 0.29) is 51.4 Å². The Balaban J connectivity index is 6.38. The summed E-state index contributed by atoms with van der Waals surface area (Å²) >= 11 is 0. The zero-order valence-electron chi connectivity index (χ0n) is 25.7. The highest BCUT2D eigenvalue weighted by molar-refractivity contribution is 5.80. The van der Waals surface area contributed by atoms with Gasteiger partial charge in [-0.05, 0) is 73.2 Å². The Morgan fingerprint density at radius 3 is 1.71 bits per heavy atom. The van der Waals surface area contributed by atoms with Crippen molar-refractivity contribution < 1.29 is 14.3 Å². The molecule has 0 aliphatic carbocycles. The van der Waals surface area contributed by atoms with Crippen molar-refractivity contribution in [2.75, 3.05) is 13.2 Å². The second kappa shape index (κ2) is 12.9. The first-order valence-electron chi connectivity index (χ1n) is 13.8. The van der Waals surface area contributed by atoms with Crippen LogP contribution in [0.5, 0.6) is 0 Å². The van der Waals surface area contributed by atoms with Gasteiger partial charge >= 0.3 is 5.97 Å². The summed E-state index contributed by atoms with van der Waals surface area (Å²) in [6.45, 7) is 31.4. The molecule has 0 radical (unpaired) electrons. The predicted molar refractivity (Wildman–Crippen MR) is 149 cm³/mol. The minimum absolute atomic E-state index is 0.00406. The number of esters is 1. The average Bonchev–Trinajstić information content (AvgIpc) is 2.69. The summed E-state index contributed by atoms with van der Waals surface area (Å²) < 4.78 is 5.71. The molecule has 35 heavy (non-hydrogen) atoms. The van der Waals surface area contributed by atoms with Crippen LogP contribution in [0.2, 0.25) is 0 Å². The lowest BCUT2D eigenvalue weighted by Crippen LogP contribution is -2.51. The van der Waals surface area contributed by atoms with E-state index < -0.39 is 0 Å². The van der Waals surface area contributed by atoms with Gasteiger partial charge in [0.05, 0.1) is 12.5 Å². The third kappa shape index (κ3) is 9.05. The number of carbonyl (C=O) groups excluding carboxylic acids is 2. The molecule has 0 bridgehead atoms. The Hall–Kier alpha value is -1.10. The quantitative estimate of drug-likeness (QED) is 0.192. The highest BCUT2D eigenvalue weighted by Gasteiger charge is 2.51. The standard InChI is InChI=1S/C30H60N2O3/c1-20(2)27(7,8)18-23(25(33)32-22(5)6)30(13,14)28(9,10)19-24(29(11,12)21(3)4)26(34)35-17-15-16-31/h20-24H,15-19,31H2,1-14H3,(H,32,33). The van der Waals surface area contributed by atoms with E-state index >= 15 is 0 Å². The molecule has 0 saturated heterocycles. The third-order valence-corrected chi connectivity index (χ3v) is 9.63. The van der Waals surface area contributed by atoms with E-state index in [1.807, 2.05) is 13.8 Å². The van der Waals surface area contributed by atoms with Gasteiger partial charge in [-0.15, -0.1) is 0 Å². The van der Waals surface area contributed by atoms with Gasteiger partial charge in [-0.2, -0.15) is 0 Å². The summed E-state index contributed by atoms with van der Waals surface area (Å²) in [5.74, 6) is 0.243. The van der Waals surface area contributed by atoms with E-state index in [9.17, 15) is 9.59 Å². The maximum absolute atomic E-state index is 13.6. The lowest BCUT2D eigenvalue weighted by molar-refractivity contribution is -0.158. The first-order chi connectivity index (χ1) is 15.6. The van der Waals surface area contributed by atoms with E-state index in [2.05, 4.69) is 88.4 Å². The summed E-state index contributed by atoms with van der Waals surface area (Å²) in [5.41, 5.74) is 4.71. The van der Waals surface area contributed by atoms with Crippen LogP contribution in [0.3, 0.4) is 0 Å². The highest BCUT2D eigenvalue weighted by atomic mass is 16.5. The van der Waals surface area contributed by atoms with Crippen molar-refractivity contribution in [1.29, 1.82) is 0 Å². The normalized spacial score (nSPS) is 15.5. The lowest BCUT2D eigenvalue weighted by Gasteiger charge is -2.51. The summed E-state index contributed by atoms with van der Waals surface area (Å²) in [4.78, 5) is 27.0. The topological polar surface area (TPSA) is 81.4 Å². The molecule has 1 amide bonds. The minimum atomic E-state index is -0.360.